The lowest BCUT2D eigenvalue weighted by atomic mass is 10.0. The first-order chi connectivity index (χ1) is 13.0. The molecule has 4 nitrogen and oxygen atoms in total. The Morgan fingerprint density at radius 2 is 1.89 bits per heavy atom. The Morgan fingerprint density at radius 1 is 1.11 bits per heavy atom. The van der Waals surface area contributed by atoms with E-state index >= 15 is 0 Å². The summed E-state index contributed by atoms with van der Waals surface area (Å²) in [5.74, 6) is -1.20. The Labute approximate surface area is 159 Å². The van der Waals surface area contributed by atoms with Crippen LogP contribution in [0.5, 0.6) is 0 Å². The monoisotopic (exact) mass is 392 g/mol. The molecule has 1 aromatic carbocycles. The van der Waals surface area contributed by atoms with Gasteiger partial charge in [-0.05, 0) is 30.0 Å². The second kappa shape index (κ2) is 7.44. The number of halogens is 3. The summed E-state index contributed by atoms with van der Waals surface area (Å²) in [6.07, 6.45) is 4.33. The highest BCUT2D eigenvalue weighted by atomic mass is 32.2. The molecule has 0 saturated carbocycles. The smallest absolute Gasteiger partial charge is 0.132 e. The molecule has 1 saturated heterocycles. The molecule has 8 heteroatoms. The summed E-state index contributed by atoms with van der Waals surface area (Å²) in [6.45, 7) is 0.745. The van der Waals surface area contributed by atoms with Gasteiger partial charge in [-0.2, -0.15) is 0 Å². The van der Waals surface area contributed by atoms with Crippen LogP contribution in [0.4, 0.5) is 24.5 Å². The molecule has 1 fully saturated rings. The zero-order valence-corrected chi connectivity index (χ0v) is 15.2. The number of nitrogens with two attached hydrogens (primary N) is 1. The number of hydrogen-bond acceptors (Lipinski definition) is 5. The van der Waals surface area contributed by atoms with Gasteiger partial charge in [0.25, 0.3) is 0 Å². The van der Waals surface area contributed by atoms with Crippen molar-refractivity contribution in [1.82, 2.24) is 4.98 Å². The average Bonchev–Trinajstić information content (AvgIpc) is 3.10. The van der Waals surface area contributed by atoms with Crippen LogP contribution in [0.3, 0.4) is 0 Å². The molecule has 2 aliphatic heterocycles. The topological polar surface area (TPSA) is 45.4 Å². The summed E-state index contributed by atoms with van der Waals surface area (Å²) in [7, 11) is 0. The first kappa shape index (κ1) is 18.2. The van der Waals surface area contributed by atoms with Crippen LogP contribution in [0.15, 0.2) is 48.3 Å². The first-order valence-corrected chi connectivity index (χ1v) is 9.62. The third kappa shape index (κ3) is 3.51. The van der Waals surface area contributed by atoms with Crippen molar-refractivity contribution >= 4 is 23.1 Å². The zero-order valence-electron chi connectivity index (χ0n) is 14.4. The number of aromatic nitrogens is 1. The fourth-order valence-electron chi connectivity index (χ4n) is 3.60. The maximum atomic E-state index is 14.3. The highest BCUT2D eigenvalue weighted by Crippen LogP contribution is 2.46. The van der Waals surface area contributed by atoms with Crippen molar-refractivity contribution < 1.29 is 13.2 Å². The predicted octanol–water partition coefficient (Wildman–Crippen LogP) is 3.96. The Hall–Kier alpha value is -2.19. The summed E-state index contributed by atoms with van der Waals surface area (Å²) in [4.78, 5) is 7.81. The predicted molar refractivity (Wildman–Crippen MR) is 102 cm³/mol. The van der Waals surface area contributed by atoms with Crippen molar-refractivity contribution in [3.63, 3.8) is 0 Å². The van der Waals surface area contributed by atoms with Gasteiger partial charge in [0.1, 0.15) is 23.2 Å². The van der Waals surface area contributed by atoms with Crippen molar-refractivity contribution in [2.75, 3.05) is 22.9 Å². The number of anilines is 2. The second-order valence-corrected chi connectivity index (χ2v) is 7.67. The fourth-order valence-corrected chi connectivity index (χ4v) is 4.62. The molecule has 0 amide bonds. The summed E-state index contributed by atoms with van der Waals surface area (Å²) in [5.41, 5.74) is 7.38. The number of alkyl halides is 1. The summed E-state index contributed by atoms with van der Waals surface area (Å²) >= 11 is 1.30. The third-order valence-corrected chi connectivity index (χ3v) is 5.76. The maximum Gasteiger partial charge on any atom is 0.132 e. The van der Waals surface area contributed by atoms with Crippen molar-refractivity contribution in [3.8, 4) is 0 Å². The van der Waals surface area contributed by atoms with Gasteiger partial charge in [-0.3, -0.25) is 4.98 Å². The molecular weight excluding hydrogens is 373 g/mol. The molecule has 0 spiro atoms. The quantitative estimate of drug-likeness (QED) is 0.857. The van der Waals surface area contributed by atoms with Gasteiger partial charge < -0.3 is 15.5 Å². The molecule has 0 aliphatic carbocycles. The molecule has 27 heavy (non-hydrogen) atoms. The third-order valence-electron chi connectivity index (χ3n) is 4.76. The molecular formula is C19H19F3N4S. The minimum absolute atomic E-state index is 0.0129. The number of piperidine rings is 1. The average molecular weight is 392 g/mol. The van der Waals surface area contributed by atoms with Crippen LogP contribution in [-0.4, -0.2) is 30.3 Å². The minimum Gasteiger partial charge on any atom is -0.365 e. The molecule has 2 aliphatic rings. The van der Waals surface area contributed by atoms with Gasteiger partial charge in [0, 0.05) is 31.5 Å². The molecule has 0 bridgehead atoms. The lowest BCUT2D eigenvalue weighted by molar-refractivity contribution is 0.269. The Balaban J connectivity index is 1.72. The van der Waals surface area contributed by atoms with Crippen LogP contribution < -0.4 is 15.5 Å². The summed E-state index contributed by atoms with van der Waals surface area (Å²) in [6, 6.07) is 5.36. The van der Waals surface area contributed by atoms with Crippen molar-refractivity contribution in [1.29, 1.82) is 0 Å². The van der Waals surface area contributed by atoms with E-state index < -0.39 is 23.2 Å². The summed E-state index contributed by atoms with van der Waals surface area (Å²) < 4.78 is 42.8. The Bertz CT molecular complexity index is 832. The van der Waals surface area contributed by atoms with Gasteiger partial charge in [0.15, 0.2) is 0 Å². The van der Waals surface area contributed by atoms with Gasteiger partial charge >= 0.3 is 0 Å². The van der Waals surface area contributed by atoms with E-state index in [1.807, 2.05) is 4.90 Å². The van der Waals surface area contributed by atoms with Crippen molar-refractivity contribution in [2.45, 2.75) is 24.0 Å². The molecule has 1 aromatic heterocycles. The zero-order chi connectivity index (χ0) is 19.0. The van der Waals surface area contributed by atoms with Gasteiger partial charge in [0.2, 0.25) is 0 Å². The number of pyridine rings is 1. The van der Waals surface area contributed by atoms with Crippen LogP contribution in [0.25, 0.3) is 0 Å². The number of benzene rings is 1. The van der Waals surface area contributed by atoms with Crippen LogP contribution in [0.1, 0.15) is 17.4 Å². The highest BCUT2D eigenvalue weighted by molar-refractivity contribution is 8.02. The van der Waals surface area contributed by atoms with Crippen molar-refractivity contribution in [3.05, 3.63) is 65.5 Å². The number of rotatable bonds is 3. The SMILES string of the molecule is N[C@H]1C[C@@H](F)CN(c2ccncc2N2C=CSC2c2c(F)cccc2F)C1. The van der Waals surface area contributed by atoms with Crippen molar-refractivity contribution in [2.24, 2.45) is 5.73 Å². The number of thioether (sulfide) groups is 1. The van der Waals surface area contributed by atoms with Gasteiger partial charge in [-0.1, -0.05) is 6.07 Å². The van der Waals surface area contributed by atoms with Crippen LogP contribution in [-0.2, 0) is 0 Å². The van der Waals surface area contributed by atoms with E-state index in [1.165, 1.54) is 30.0 Å². The molecule has 4 rings (SSSR count). The second-order valence-electron chi connectivity index (χ2n) is 6.68. The highest BCUT2D eigenvalue weighted by Gasteiger charge is 2.32. The lowest BCUT2D eigenvalue weighted by Gasteiger charge is -2.37. The van der Waals surface area contributed by atoms with E-state index in [2.05, 4.69) is 4.98 Å². The van der Waals surface area contributed by atoms with E-state index in [9.17, 15) is 13.2 Å². The fraction of sp³-hybridized carbons (Fsp3) is 0.316. The van der Waals surface area contributed by atoms with Gasteiger partial charge in [0.05, 0.1) is 23.1 Å². The first-order valence-electron chi connectivity index (χ1n) is 8.67. The normalized spacial score (nSPS) is 25.3. The Kier molecular flexibility index (Phi) is 5.01. The molecule has 3 atom stereocenters. The van der Waals surface area contributed by atoms with Crippen LogP contribution >= 0.6 is 11.8 Å². The molecule has 3 heterocycles. The lowest BCUT2D eigenvalue weighted by Crippen LogP contribution is -2.48. The molecule has 142 valence electrons. The van der Waals surface area contributed by atoms with Crippen LogP contribution in [0.2, 0.25) is 0 Å². The van der Waals surface area contributed by atoms with E-state index in [0.29, 0.717) is 18.7 Å². The van der Waals surface area contributed by atoms with Gasteiger partial charge in [-0.25, -0.2) is 13.2 Å². The standard InChI is InChI=1S/C19H19F3N4S/c20-12-8-13(23)11-25(10-12)16-4-5-24-9-17(16)26-6-7-27-19(26)18-14(21)2-1-3-15(18)22/h1-7,9,12-13,19H,8,10-11,23H2/t12-,13+,19?/m1/s1. The maximum absolute atomic E-state index is 14.3. The van der Waals surface area contributed by atoms with Gasteiger partial charge in [-0.15, -0.1) is 11.8 Å². The molecule has 2 aromatic rings. The van der Waals surface area contributed by atoms with E-state index in [-0.39, 0.29) is 18.2 Å². The van der Waals surface area contributed by atoms with Crippen LogP contribution in [0, 0.1) is 11.6 Å². The Morgan fingerprint density at radius 3 is 2.63 bits per heavy atom. The van der Waals surface area contributed by atoms with E-state index in [4.69, 9.17) is 5.73 Å². The molecule has 1 unspecified atom stereocenters. The number of nitrogens with zero attached hydrogens (tertiary/aromatic N) is 3. The largest absolute Gasteiger partial charge is 0.365 e. The summed E-state index contributed by atoms with van der Waals surface area (Å²) in [5, 5.41) is 1.18. The number of hydrogen-bond donors (Lipinski definition) is 1. The van der Waals surface area contributed by atoms with E-state index in [1.54, 1.807) is 35.0 Å². The molecule has 2 N–H and O–H groups in total. The van der Waals surface area contributed by atoms with E-state index in [0.717, 1.165) is 5.69 Å². The molecule has 0 radical (unpaired) electrons. The minimum atomic E-state index is -1.02.